The molecule has 1 unspecified atom stereocenters. The van der Waals surface area contributed by atoms with E-state index in [2.05, 4.69) is 27.7 Å². The molecule has 1 aliphatic heterocycles. The van der Waals surface area contributed by atoms with Gasteiger partial charge in [-0.15, -0.1) is 0 Å². The van der Waals surface area contributed by atoms with Gasteiger partial charge in [0, 0.05) is 24.2 Å². The third-order valence-corrected chi connectivity index (χ3v) is 5.91. The fourth-order valence-corrected chi connectivity index (χ4v) is 4.02. The van der Waals surface area contributed by atoms with Gasteiger partial charge in [0.25, 0.3) is 0 Å². The number of anilines is 1. The van der Waals surface area contributed by atoms with Gasteiger partial charge < -0.3 is 20.6 Å². The summed E-state index contributed by atoms with van der Waals surface area (Å²) in [7, 11) is 2.05. The number of benzene rings is 2. The molecule has 0 aliphatic carbocycles. The summed E-state index contributed by atoms with van der Waals surface area (Å²) >= 11 is 0. The fraction of sp³-hybridized carbons (Fsp3) is 0.320. The van der Waals surface area contributed by atoms with Crippen molar-refractivity contribution in [1.82, 2.24) is 20.0 Å². The van der Waals surface area contributed by atoms with Gasteiger partial charge in [0.2, 0.25) is 0 Å². The summed E-state index contributed by atoms with van der Waals surface area (Å²) in [5.41, 5.74) is 3.60. The van der Waals surface area contributed by atoms with Gasteiger partial charge in [-0.1, -0.05) is 30.3 Å². The first-order valence-electron chi connectivity index (χ1n) is 10.9. The minimum absolute atomic E-state index is 0.153. The van der Waals surface area contributed by atoms with E-state index >= 15 is 0 Å². The maximum atomic E-state index is 13.8. The van der Waals surface area contributed by atoms with E-state index in [1.54, 1.807) is 12.1 Å². The van der Waals surface area contributed by atoms with Crippen LogP contribution in [0.1, 0.15) is 34.7 Å². The number of hydrogen-bond acceptors (Lipinski definition) is 5. The summed E-state index contributed by atoms with van der Waals surface area (Å²) in [4.78, 5) is 2.20. The SMILES string of the molecule is Cc1cnn2c1NC(c1ccccc1O)C=C2NCCCN(C)Cc1cccc(F)c1C. The number of aromatic nitrogens is 2. The van der Waals surface area contributed by atoms with E-state index in [1.165, 1.54) is 6.07 Å². The van der Waals surface area contributed by atoms with Crippen molar-refractivity contribution in [3.05, 3.63) is 82.8 Å². The number of para-hydroxylation sites is 1. The molecule has 1 aliphatic rings. The molecule has 0 amide bonds. The third kappa shape index (κ3) is 4.62. The average Bonchev–Trinajstić information content (AvgIpc) is 3.15. The fourth-order valence-electron chi connectivity index (χ4n) is 4.02. The maximum absolute atomic E-state index is 13.8. The van der Waals surface area contributed by atoms with Crippen LogP contribution in [-0.2, 0) is 6.54 Å². The first-order chi connectivity index (χ1) is 15.4. The lowest BCUT2D eigenvalue weighted by atomic mass is 10.0. The molecular formula is C25H30FN5O. The molecule has 0 fully saturated rings. The van der Waals surface area contributed by atoms with Gasteiger partial charge in [-0.2, -0.15) is 5.10 Å². The topological polar surface area (TPSA) is 65.3 Å². The van der Waals surface area contributed by atoms with Crippen molar-refractivity contribution in [2.75, 3.05) is 25.5 Å². The lowest BCUT2D eigenvalue weighted by molar-refractivity contribution is 0.320. The Kier molecular flexibility index (Phi) is 6.46. The van der Waals surface area contributed by atoms with E-state index in [0.29, 0.717) is 12.1 Å². The highest BCUT2D eigenvalue weighted by Gasteiger charge is 2.23. The summed E-state index contributed by atoms with van der Waals surface area (Å²) in [6.07, 6.45) is 4.81. The summed E-state index contributed by atoms with van der Waals surface area (Å²) in [6.45, 7) is 6.20. The van der Waals surface area contributed by atoms with Crippen molar-refractivity contribution in [2.45, 2.75) is 32.9 Å². The highest BCUT2D eigenvalue weighted by atomic mass is 19.1. The number of fused-ring (bicyclic) bond motifs is 1. The molecule has 0 bridgehead atoms. The van der Waals surface area contributed by atoms with E-state index in [1.807, 2.05) is 55.1 Å². The molecule has 0 spiro atoms. The number of phenolic OH excluding ortho intramolecular Hbond substituents is 1. The third-order valence-electron chi connectivity index (χ3n) is 5.91. The Hall–Kier alpha value is -3.32. The largest absolute Gasteiger partial charge is 0.508 e. The Bertz CT molecular complexity index is 1120. The summed E-state index contributed by atoms with van der Waals surface area (Å²) in [6, 6.07) is 12.5. The van der Waals surface area contributed by atoms with Crippen molar-refractivity contribution in [2.24, 2.45) is 0 Å². The molecule has 2 heterocycles. The smallest absolute Gasteiger partial charge is 0.135 e. The van der Waals surface area contributed by atoms with Crippen LogP contribution in [0.3, 0.4) is 0 Å². The van der Waals surface area contributed by atoms with E-state index < -0.39 is 0 Å². The molecular weight excluding hydrogens is 405 g/mol. The summed E-state index contributed by atoms with van der Waals surface area (Å²) in [5.74, 6) is 1.92. The molecule has 168 valence electrons. The lowest BCUT2D eigenvalue weighted by Gasteiger charge is -2.27. The van der Waals surface area contributed by atoms with Crippen LogP contribution in [0.4, 0.5) is 10.2 Å². The molecule has 0 saturated carbocycles. The number of aryl methyl sites for hydroxylation is 1. The Labute approximate surface area is 188 Å². The normalized spacial score (nSPS) is 15.3. The van der Waals surface area contributed by atoms with Gasteiger partial charge in [0.05, 0.1) is 12.2 Å². The Morgan fingerprint density at radius 1 is 1.19 bits per heavy atom. The highest BCUT2D eigenvalue weighted by molar-refractivity contribution is 5.63. The standard InChI is InChI=1S/C25H30FN5O/c1-17-15-28-31-24(14-22(29-25(17)31)20-9-4-5-11-23(20)32)27-12-7-13-30(3)16-19-8-6-10-21(26)18(19)2/h4-6,8-11,14-15,22,27,29,32H,7,12-13,16H2,1-3H3. The van der Waals surface area contributed by atoms with Gasteiger partial charge in [-0.3, -0.25) is 0 Å². The molecule has 32 heavy (non-hydrogen) atoms. The number of nitrogens with one attached hydrogen (secondary N) is 2. The van der Waals surface area contributed by atoms with Gasteiger partial charge >= 0.3 is 0 Å². The molecule has 6 nitrogen and oxygen atoms in total. The Balaban J connectivity index is 1.39. The first kappa shape index (κ1) is 21.9. The van der Waals surface area contributed by atoms with Gasteiger partial charge in [-0.05, 0) is 63.2 Å². The quantitative estimate of drug-likeness (QED) is 0.457. The first-order valence-corrected chi connectivity index (χ1v) is 10.9. The number of nitrogens with zero attached hydrogens (tertiary/aromatic N) is 3. The minimum atomic E-state index is -0.153. The van der Waals surface area contributed by atoms with Gasteiger partial charge in [0.1, 0.15) is 23.2 Å². The van der Waals surface area contributed by atoms with E-state index in [9.17, 15) is 9.50 Å². The molecule has 0 saturated heterocycles. The molecule has 1 atom stereocenters. The molecule has 3 aromatic rings. The van der Waals surface area contributed by atoms with E-state index in [-0.39, 0.29) is 17.6 Å². The lowest BCUT2D eigenvalue weighted by Crippen LogP contribution is -2.29. The molecule has 1 aromatic heterocycles. The number of phenols is 1. The number of hydrogen-bond donors (Lipinski definition) is 3. The molecule has 4 rings (SSSR count). The van der Waals surface area contributed by atoms with E-state index in [4.69, 9.17) is 0 Å². The minimum Gasteiger partial charge on any atom is -0.508 e. The number of rotatable bonds is 8. The predicted molar refractivity (Wildman–Crippen MR) is 126 cm³/mol. The van der Waals surface area contributed by atoms with Crippen LogP contribution >= 0.6 is 0 Å². The Morgan fingerprint density at radius 3 is 2.81 bits per heavy atom. The zero-order chi connectivity index (χ0) is 22.7. The molecule has 2 aromatic carbocycles. The second kappa shape index (κ2) is 9.44. The second-order valence-electron chi connectivity index (χ2n) is 8.36. The van der Waals surface area contributed by atoms with Crippen LogP contribution in [0.25, 0.3) is 5.82 Å². The number of halogens is 1. The van der Waals surface area contributed by atoms with Crippen LogP contribution in [-0.4, -0.2) is 39.9 Å². The zero-order valence-corrected chi connectivity index (χ0v) is 18.8. The molecule has 3 N–H and O–H groups in total. The zero-order valence-electron chi connectivity index (χ0n) is 18.8. The predicted octanol–water partition coefficient (Wildman–Crippen LogP) is 4.42. The van der Waals surface area contributed by atoms with Crippen molar-refractivity contribution in [3.8, 4) is 5.75 Å². The Morgan fingerprint density at radius 2 is 2.00 bits per heavy atom. The average molecular weight is 436 g/mol. The summed E-state index contributed by atoms with van der Waals surface area (Å²) < 4.78 is 15.6. The molecule has 7 heteroatoms. The summed E-state index contributed by atoms with van der Waals surface area (Å²) in [5, 5.41) is 21.8. The van der Waals surface area contributed by atoms with Gasteiger partial charge in [0.15, 0.2) is 0 Å². The van der Waals surface area contributed by atoms with Crippen LogP contribution < -0.4 is 10.6 Å². The van der Waals surface area contributed by atoms with Crippen LogP contribution in [0.2, 0.25) is 0 Å². The van der Waals surface area contributed by atoms with Crippen molar-refractivity contribution < 1.29 is 9.50 Å². The maximum Gasteiger partial charge on any atom is 0.135 e. The van der Waals surface area contributed by atoms with Crippen LogP contribution in [0.5, 0.6) is 5.75 Å². The monoisotopic (exact) mass is 435 g/mol. The number of aromatic hydroxyl groups is 1. The molecule has 0 radical (unpaired) electrons. The van der Waals surface area contributed by atoms with Crippen molar-refractivity contribution in [3.63, 3.8) is 0 Å². The van der Waals surface area contributed by atoms with Crippen LogP contribution in [0, 0.1) is 19.7 Å². The van der Waals surface area contributed by atoms with Gasteiger partial charge in [-0.25, -0.2) is 9.07 Å². The van der Waals surface area contributed by atoms with E-state index in [0.717, 1.165) is 47.8 Å². The van der Waals surface area contributed by atoms with Crippen molar-refractivity contribution in [1.29, 1.82) is 0 Å². The van der Waals surface area contributed by atoms with Crippen molar-refractivity contribution >= 4 is 11.6 Å². The van der Waals surface area contributed by atoms with Crippen LogP contribution in [0.15, 0.2) is 54.7 Å². The highest BCUT2D eigenvalue weighted by Crippen LogP contribution is 2.34. The second-order valence-corrected chi connectivity index (χ2v) is 8.36.